The number of fused-ring (bicyclic) bond motifs is 1. The summed E-state index contributed by atoms with van der Waals surface area (Å²) in [6.07, 6.45) is 3.17. The van der Waals surface area contributed by atoms with E-state index < -0.39 is 42.1 Å². The van der Waals surface area contributed by atoms with Crippen molar-refractivity contribution < 1.29 is 66.7 Å². The Morgan fingerprint density at radius 2 is 1.16 bits per heavy atom. The number of allylic oxidation sites excluding steroid dienone is 1. The Hall–Kier alpha value is -8.20. The molecule has 0 amide bonds. The van der Waals surface area contributed by atoms with Crippen LogP contribution in [0.3, 0.4) is 0 Å². The number of hydrogen-bond donors (Lipinski definition) is 0. The molecular weight excluding hydrogens is 849 g/mol. The molecule has 0 bridgehead atoms. The number of aldehydes is 1. The van der Waals surface area contributed by atoms with Crippen LogP contribution >= 0.6 is 11.3 Å². The quantitative estimate of drug-likeness (QED) is 0.0239. The first kappa shape index (κ1) is 48.5. The maximum Gasteiger partial charge on any atom is 0.343 e. The lowest BCUT2D eigenvalue weighted by atomic mass is 10.1. The molecule has 0 saturated heterocycles. The number of methoxy groups -OCH3 is 1. The zero-order chi connectivity index (χ0) is 46.4. The lowest BCUT2D eigenvalue weighted by Crippen LogP contribution is -2.30. The molecule has 5 rings (SSSR count). The summed E-state index contributed by atoms with van der Waals surface area (Å²) in [4.78, 5) is 75.4. The Morgan fingerprint density at radius 1 is 0.672 bits per heavy atom. The molecule has 0 fully saturated rings. The number of thiazole rings is 1. The molecule has 1 heterocycles. The number of nitriles is 1. The molecule has 0 aliphatic rings. The standard InChI is InChI=1S/C44H36N2O13S.C3H4O/c1-5-37(47)55-26-34(57-39(49)7-3)25-54-32-18-14-30(15-19-32)44(51)59-36-21-20-35(40-41(36)60-42(46-40)28-10-8-27(22-45)9-11-28)58-43(50)29-12-16-31(17-13-29)53-24-33(23-52-4)56-38(48)6-2;1-2-3-4/h5-21,33-34H,1-3,23-26H2,4H3;2-3H,1H2. The molecule has 0 spiro atoms. The van der Waals surface area contributed by atoms with Crippen LogP contribution in [0.4, 0.5) is 0 Å². The number of carbonyl (C=O) groups is 6. The predicted octanol–water partition coefficient (Wildman–Crippen LogP) is 6.97. The van der Waals surface area contributed by atoms with Gasteiger partial charge in [0.05, 0.1) is 29.4 Å². The van der Waals surface area contributed by atoms with Gasteiger partial charge in [-0.15, -0.1) is 11.3 Å². The van der Waals surface area contributed by atoms with Crippen LogP contribution in [-0.2, 0) is 38.1 Å². The van der Waals surface area contributed by atoms with Crippen molar-refractivity contribution >= 4 is 57.7 Å². The normalized spacial score (nSPS) is 11.1. The average molecular weight is 889 g/mol. The molecule has 17 heteroatoms. The molecule has 5 aromatic rings. The first-order valence-electron chi connectivity index (χ1n) is 18.8. The first-order valence-corrected chi connectivity index (χ1v) is 19.6. The Kier molecular flexibility index (Phi) is 18.9. The van der Waals surface area contributed by atoms with Gasteiger partial charge >= 0.3 is 29.8 Å². The monoisotopic (exact) mass is 888 g/mol. The summed E-state index contributed by atoms with van der Waals surface area (Å²) in [6.45, 7) is 12.8. The summed E-state index contributed by atoms with van der Waals surface area (Å²) in [5.41, 5.74) is 1.72. The third-order valence-electron chi connectivity index (χ3n) is 8.11. The van der Waals surface area contributed by atoms with Crippen LogP contribution in [0, 0.1) is 11.3 Å². The molecule has 0 aliphatic heterocycles. The minimum Gasteiger partial charge on any atom is -0.490 e. The number of esters is 5. The molecule has 16 nitrogen and oxygen atoms in total. The minimum absolute atomic E-state index is 0.00773. The van der Waals surface area contributed by atoms with Gasteiger partial charge in [0.15, 0.2) is 23.7 Å². The zero-order valence-corrected chi connectivity index (χ0v) is 35.1. The summed E-state index contributed by atoms with van der Waals surface area (Å²) in [7, 11) is 1.46. The number of rotatable bonds is 21. The van der Waals surface area contributed by atoms with Gasteiger partial charge in [-0.3, -0.25) is 4.79 Å². The van der Waals surface area contributed by atoms with Crippen LogP contribution in [0.15, 0.2) is 136 Å². The number of hydrogen-bond acceptors (Lipinski definition) is 17. The minimum atomic E-state index is -0.953. The molecule has 4 aromatic carbocycles. The van der Waals surface area contributed by atoms with Gasteiger partial charge < -0.3 is 37.9 Å². The van der Waals surface area contributed by atoms with E-state index >= 15 is 0 Å². The van der Waals surface area contributed by atoms with Crippen molar-refractivity contribution in [3.63, 3.8) is 0 Å². The van der Waals surface area contributed by atoms with E-state index in [0.29, 0.717) is 38.6 Å². The van der Waals surface area contributed by atoms with Crippen molar-refractivity contribution in [1.29, 1.82) is 5.26 Å². The van der Waals surface area contributed by atoms with Crippen molar-refractivity contribution in [2.45, 2.75) is 12.2 Å². The highest BCUT2D eigenvalue weighted by molar-refractivity contribution is 7.22. The maximum atomic E-state index is 13.4. The molecule has 328 valence electrons. The smallest absolute Gasteiger partial charge is 0.343 e. The van der Waals surface area contributed by atoms with E-state index in [2.05, 4.69) is 32.4 Å². The fourth-order valence-electron chi connectivity index (χ4n) is 5.08. The van der Waals surface area contributed by atoms with E-state index in [1.807, 2.05) is 0 Å². The van der Waals surface area contributed by atoms with Crippen LogP contribution < -0.4 is 18.9 Å². The Labute approximate surface area is 371 Å². The lowest BCUT2D eigenvalue weighted by molar-refractivity contribution is -0.154. The Bertz CT molecular complexity index is 2520. The Morgan fingerprint density at radius 3 is 1.62 bits per heavy atom. The van der Waals surface area contributed by atoms with Crippen molar-refractivity contribution in [2.24, 2.45) is 0 Å². The second-order valence-corrected chi connectivity index (χ2v) is 13.6. The second-order valence-electron chi connectivity index (χ2n) is 12.6. The largest absolute Gasteiger partial charge is 0.490 e. The summed E-state index contributed by atoms with van der Waals surface area (Å²) < 4.78 is 43.9. The highest BCUT2D eigenvalue weighted by Crippen LogP contribution is 2.41. The van der Waals surface area contributed by atoms with E-state index in [1.165, 1.54) is 73.1 Å². The van der Waals surface area contributed by atoms with Crippen LogP contribution in [0.1, 0.15) is 26.3 Å². The van der Waals surface area contributed by atoms with Crippen molar-refractivity contribution in [1.82, 2.24) is 4.98 Å². The summed E-state index contributed by atoms with van der Waals surface area (Å²) >= 11 is 1.18. The highest BCUT2D eigenvalue weighted by atomic mass is 32.1. The third kappa shape index (κ3) is 14.5. The van der Waals surface area contributed by atoms with Crippen molar-refractivity contribution in [3.8, 4) is 39.6 Å². The number of aromatic nitrogens is 1. The van der Waals surface area contributed by atoms with Gasteiger partial charge in [-0.1, -0.05) is 38.4 Å². The molecule has 0 aliphatic carbocycles. The molecule has 0 radical (unpaired) electrons. The van der Waals surface area contributed by atoms with Crippen molar-refractivity contribution in [2.75, 3.05) is 33.5 Å². The topological polar surface area (TPSA) is 213 Å². The van der Waals surface area contributed by atoms with E-state index in [-0.39, 0.29) is 54.6 Å². The van der Waals surface area contributed by atoms with Crippen LogP contribution in [0.2, 0.25) is 0 Å². The number of nitrogens with zero attached hydrogens (tertiary/aromatic N) is 2. The van der Waals surface area contributed by atoms with Gasteiger partial charge in [0.1, 0.15) is 52.8 Å². The number of ether oxygens (including phenoxy) is 8. The number of carbonyl (C=O) groups excluding carboxylic acids is 6. The van der Waals surface area contributed by atoms with Crippen LogP contribution in [-0.4, -0.2) is 86.9 Å². The molecule has 0 saturated carbocycles. The predicted molar refractivity (Wildman–Crippen MR) is 233 cm³/mol. The van der Waals surface area contributed by atoms with Crippen LogP contribution in [0.5, 0.6) is 23.0 Å². The van der Waals surface area contributed by atoms with Gasteiger partial charge in [0, 0.05) is 30.9 Å². The molecule has 1 aromatic heterocycles. The van der Waals surface area contributed by atoms with E-state index in [9.17, 15) is 29.2 Å². The second kappa shape index (κ2) is 24.9. The molecule has 2 unspecified atom stereocenters. The van der Waals surface area contributed by atoms with Gasteiger partial charge in [0.2, 0.25) is 0 Å². The van der Waals surface area contributed by atoms with E-state index in [4.69, 9.17) is 47.7 Å². The van der Waals surface area contributed by atoms with Gasteiger partial charge in [-0.05, 0) is 78.9 Å². The lowest BCUT2D eigenvalue weighted by Gasteiger charge is -2.17. The maximum absolute atomic E-state index is 13.4. The molecular formula is C47H40N2O14S. The zero-order valence-electron chi connectivity index (χ0n) is 34.3. The Balaban J connectivity index is 0.00000215. The summed E-state index contributed by atoms with van der Waals surface area (Å²) in [5, 5.41) is 9.77. The van der Waals surface area contributed by atoms with Gasteiger partial charge in [-0.2, -0.15) is 5.26 Å². The molecule has 0 N–H and O–H groups in total. The average Bonchev–Trinajstić information content (AvgIpc) is 3.79. The first-order chi connectivity index (χ1) is 30.9. The SMILES string of the molecule is C=CC(=O)OCC(COc1ccc(C(=O)Oc2ccc(OC(=O)c3ccc(OCC(COC)OC(=O)C=C)cc3)c3nc(-c4ccc(C#N)cc4)sc23)cc1)OC(=O)C=C.C=CC=O. The van der Waals surface area contributed by atoms with Crippen LogP contribution in [0.25, 0.3) is 20.8 Å². The van der Waals surface area contributed by atoms with Gasteiger partial charge in [0.25, 0.3) is 0 Å². The summed E-state index contributed by atoms with van der Waals surface area (Å²) in [6, 6.07) is 23.8. The third-order valence-corrected chi connectivity index (χ3v) is 9.23. The highest BCUT2D eigenvalue weighted by Gasteiger charge is 2.22. The van der Waals surface area contributed by atoms with Gasteiger partial charge in [-0.25, -0.2) is 29.0 Å². The number of benzene rings is 4. The fourth-order valence-corrected chi connectivity index (χ4v) is 6.12. The fraction of sp³-hybridized carbons (Fsp3) is 0.149. The van der Waals surface area contributed by atoms with E-state index in [0.717, 1.165) is 18.2 Å². The molecule has 64 heavy (non-hydrogen) atoms. The molecule has 2 atom stereocenters. The summed E-state index contributed by atoms with van der Waals surface area (Å²) in [5.74, 6) is -2.54. The van der Waals surface area contributed by atoms with E-state index in [1.54, 1.807) is 36.4 Å². The van der Waals surface area contributed by atoms with Crippen molar-refractivity contribution in [3.05, 3.63) is 152 Å².